The van der Waals surface area contributed by atoms with Crippen molar-refractivity contribution in [1.82, 2.24) is 0 Å². The van der Waals surface area contributed by atoms with Crippen LogP contribution in [0.3, 0.4) is 0 Å². The third-order valence-electron chi connectivity index (χ3n) is 1.90. The van der Waals surface area contributed by atoms with Crippen LogP contribution in [-0.2, 0) is 5.41 Å². The van der Waals surface area contributed by atoms with Gasteiger partial charge in [0.25, 0.3) is 0 Å². The second kappa shape index (κ2) is 3.77. The fourth-order valence-electron chi connectivity index (χ4n) is 1.21. The Kier molecular flexibility index (Phi) is 3.28. The summed E-state index contributed by atoms with van der Waals surface area (Å²) in [6.07, 6.45) is 0. The van der Waals surface area contributed by atoms with Gasteiger partial charge in [0.2, 0.25) is 0 Å². The molecule has 0 fully saturated rings. The maximum atomic E-state index is 6.01. The Bertz CT molecular complexity index is 328. The average Bonchev–Trinajstić information content (AvgIpc) is 1.94. The number of nitrogens with two attached hydrogens (primary N) is 1. The summed E-state index contributed by atoms with van der Waals surface area (Å²) < 4.78 is 2.20. The van der Waals surface area contributed by atoms with E-state index in [2.05, 4.69) is 65.4 Å². The maximum Gasteiger partial charge on any atom is 0.0488 e. The Morgan fingerprint density at radius 2 is 1.85 bits per heavy atom. The summed E-state index contributed by atoms with van der Waals surface area (Å²) in [4.78, 5) is 0. The molecule has 1 aromatic carbocycles. The van der Waals surface area contributed by atoms with Crippen molar-refractivity contribution >= 4 is 44.2 Å². The first-order valence-corrected chi connectivity index (χ1v) is 5.94. The van der Waals surface area contributed by atoms with Crippen molar-refractivity contribution in [3.05, 3.63) is 25.7 Å². The average molecular weight is 354 g/mol. The van der Waals surface area contributed by atoms with E-state index in [1.54, 1.807) is 0 Å². The highest BCUT2D eigenvalue weighted by Crippen LogP contribution is 2.33. The third-order valence-corrected chi connectivity index (χ3v) is 3.25. The number of nitrogen functional groups attached to an aromatic ring is 1. The minimum Gasteiger partial charge on any atom is -0.398 e. The highest BCUT2D eigenvalue weighted by atomic mass is 127. The molecule has 0 bridgehead atoms. The molecule has 13 heavy (non-hydrogen) atoms. The van der Waals surface area contributed by atoms with E-state index in [1.807, 2.05) is 6.07 Å². The zero-order valence-corrected chi connectivity index (χ0v) is 11.7. The monoisotopic (exact) mass is 353 g/mol. The fourth-order valence-corrected chi connectivity index (χ4v) is 2.72. The molecule has 0 aliphatic heterocycles. The Morgan fingerprint density at radius 1 is 1.31 bits per heavy atom. The smallest absolute Gasteiger partial charge is 0.0488 e. The first-order valence-electron chi connectivity index (χ1n) is 4.07. The summed E-state index contributed by atoms with van der Waals surface area (Å²) in [5.74, 6) is 0. The minimum absolute atomic E-state index is 0.105. The van der Waals surface area contributed by atoms with E-state index < -0.39 is 0 Å². The van der Waals surface area contributed by atoms with Gasteiger partial charge in [-0.3, -0.25) is 0 Å². The number of benzene rings is 1. The topological polar surface area (TPSA) is 26.0 Å². The van der Waals surface area contributed by atoms with Crippen LogP contribution in [0.1, 0.15) is 26.3 Å². The molecular formula is C10H13BrIN. The van der Waals surface area contributed by atoms with E-state index in [4.69, 9.17) is 5.73 Å². The van der Waals surface area contributed by atoms with Gasteiger partial charge in [-0.05, 0) is 45.7 Å². The lowest BCUT2D eigenvalue weighted by Gasteiger charge is -2.22. The van der Waals surface area contributed by atoms with Crippen molar-refractivity contribution in [2.24, 2.45) is 0 Å². The van der Waals surface area contributed by atoms with Gasteiger partial charge in [-0.25, -0.2) is 0 Å². The standard InChI is InChI=1S/C10H13BrIN/c1-10(2,3)7-4-6(11)5-8(12)9(7)13/h4-5H,13H2,1-3H3. The molecule has 72 valence electrons. The predicted molar refractivity (Wildman–Crippen MR) is 70.0 cm³/mol. The van der Waals surface area contributed by atoms with Gasteiger partial charge in [-0.2, -0.15) is 0 Å². The van der Waals surface area contributed by atoms with Crippen molar-refractivity contribution in [2.45, 2.75) is 26.2 Å². The van der Waals surface area contributed by atoms with E-state index in [0.717, 1.165) is 13.7 Å². The van der Waals surface area contributed by atoms with Gasteiger partial charge in [-0.1, -0.05) is 36.7 Å². The van der Waals surface area contributed by atoms with Crippen molar-refractivity contribution in [2.75, 3.05) is 5.73 Å². The molecule has 0 saturated heterocycles. The van der Waals surface area contributed by atoms with Crippen LogP contribution >= 0.6 is 38.5 Å². The number of anilines is 1. The van der Waals surface area contributed by atoms with Gasteiger partial charge in [-0.15, -0.1) is 0 Å². The number of hydrogen-bond acceptors (Lipinski definition) is 1. The lowest BCUT2D eigenvalue weighted by Crippen LogP contribution is -2.14. The first-order chi connectivity index (χ1) is 5.82. The molecule has 0 aromatic heterocycles. The van der Waals surface area contributed by atoms with Gasteiger partial charge in [0, 0.05) is 13.7 Å². The van der Waals surface area contributed by atoms with Crippen LogP contribution in [0.5, 0.6) is 0 Å². The second-order valence-corrected chi connectivity index (χ2v) is 6.18. The largest absolute Gasteiger partial charge is 0.398 e. The second-order valence-electron chi connectivity index (χ2n) is 4.10. The maximum absolute atomic E-state index is 6.01. The van der Waals surface area contributed by atoms with Gasteiger partial charge in [0.05, 0.1) is 0 Å². The van der Waals surface area contributed by atoms with Gasteiger partial charge >= 0.3 is 0 Å². The highest BCUT2D eigenvalue weighted by Gasteiger charge is 2.18. The molecule has 1 nitrogen and oxygen atoms in total. The van der Waals surface area contributed by atoms with Crippen LogP contribution in [0.4, 0.5) is 5.69 Å². The fraction of sp³-hybridized carbons (Fsp3) is 0.400. The van der Waals surface area contributed by atoms with E-state index in [1.165, 1.54) is 5.56 Å². The summed E-state index contributed by atoms with van der Waals surface area (Å²) >= 11 is 5.74. The predicted octanol–water partition coefficient (Wildman–Crippen LogP) is 3.93. The first kappa shape index (κ1) is 11.3. The summed E-state index contributed by atoms with van der Waals surface area (Å²) in [5, 5.41) is 0. The van der Waals surface area contributed by atoms with Crippen LogP contribution in [0, 0.1) is 3.57 Å². The van der Waals surface area contributed by atoms with E-state index >= 15 is 0 Å². The lowest BCUT2D eigenvalue weighted by molar-refractivity contribution is 0.592. The molecule has 3 heteroatoms. The van der Waals surface area contributed by atoms with E-state index in [0.29, 0.717) is 0 Å². The third kappa shape index (κ3) is 2.59. The zero-order valence-electron chi connectivity index (χ0n) is 7.99. The van der Waals surface area contributed by atoms with E-state index in [9.17, 15) is 0 Å². The van der Waals surface area contributed by atoms with Gasteiger partial charge in [0.1, 0.15) is 0 Å². The highest BCUT2D eigenvalue weighted by molar-refractivity contribution is 14.1. The number of rotatable bonds is 0. The van der Waals surface area contributed by atoms with Crippen LogP contribution in [0.25, 0.3) is 0 Å². The van der Waals surface area contributed by atoms with Crippen molar-refractivity contribution < 1.29 is 0 Å². The summed E-state index contributed by atoms with van der Waals surface area (Å²) in [5.41, 5.74) is 8.21. The molecule has 0 heterocycles. The molecule has 1 aromatic rings. The molecule has 1 rings (SSSR count). The molecule has 0 saturated carbocycles. The molecule has 0 atom stereocenters. The molecule has 0 spiro atoms. The number of hydrogen-bond donors (Lipinski definition) is 1. The molecule has 0 unspecified atom stereocenters. The lowest BCUT2D eigenvalue weighted by atomic mass is 9.86. The molecule has 0 radical (unpaired) electrons. The van der Waals surface area contributed by atoms with Crippen LogP contribution in [0.2, 0.25) is 0 Å². The summed E-state index contributed by atoms with van der Waals surface area (Å²) in [6, 6.07) is 4.13. The van der Waals surface area contributed by atoms with Crippen LogP contribution in [0.15, 0.2) is 16.6 Å². The normalized spacial score (nSPS) is 11.8. The zero-order chi connectivity index (χ0) is 10.2. The molecule has 0 aliphatic rings. The van der Waals surface area contributed by atoms with Crippen LogP contribution < -0.4 is 5.73 Å². The Hall–Kier alpha value is 0.230. The van der Waals surface area contributed by atoms with Crippen molar-refractivity contribution in [3.63, 3.8) is 0 Å². The van der Waals surface area contributed by atoms with Gasteiger partial charge < -0.3 is 5.73 Å². The Morgan fingerprint density at radius 3 is 2.31 bits per heavy atom. The van der Waals surface area contributed by atoms with Crippen LogP contribution in [-0.4, -0.2) is 0 Å². The quantitative estimate of drug-likeness (QED) is 0.555. The van der Waals surface area contributed by atoms with Crippen molar-refractivity contribution in [1.29, 1.82) is 0 Å². The van der Waals surface area contributed by atoms with Gasteiger partial charge in [0.15, 0.2) is 0 Å². The molecular weight excluding hydrogens is 341 g/mol. The Labute approximate surface area is 101 Å². The molecule has 0 amide bonds. The molecule has 2 N–H and O–H groups in total. The summed E-state index contributed by atoms with van der Waals surface area (Å²) in [7, 11) is 0. The SMILES string of the molecule is CC(C)(C)c1cc(Br)cc(I)c1N. The Balaban J connectivity index is 3.37. The number of halogens is 2. The van der Waals surface area contributed by atoms with E-state index in [-0.39, 0.29) is 5.41 Å². The minimum atomic E-state index is 0.105. The molecule has 0 aliphatic carbocycles. The van der Waals surface area contributed by atoms with Crippen molar-refractivity contribution in [3.8, 4) is 0 Å². The summed E-state index contributed by atoms with van der Waals surface area (Å²) in [6.45, 7) is 6.50.